The molecule has 2 heterocycles. The van der Waals surface area contributed by atoms with E-state index in [1.807, 2.05) is 27.1 Å². The highest BCUT2D eigenvalue weighted by Crippen LogP contribution is 2.21. The second-order valence-corrected chi connectivity index (χ2v) is 4.07. The summed E-state index contributed by atoms with van der Waals surface area (Å²) in [5.41, 5.74) is 8.39. The molecule has 6 nitrogen and oxygen atoms in total. The van der Waals surface area contributed by atoms with Gasteiger partial charge in [0.25, 0.3) is 0 Å². The molecule has 0 radical (unpaired) electrons. The van der Waals surface area contributed by atoms with Crippen molar-refractivity contribution in [3.63, 3.8) is 0 Å². The molecule has 0 saturated carbocycles. The third-order valence-corrected chi connectivity index (χ3v) is 2.44. The molecule has 0 bridgehead atoms. The summed E-state index contributed by atoms with van der Waals surface area (Å²) in [4.78, 5) is 6.32. The molecule has 2 N–H and O–H groups in total. The number of nitrogens with two attached hydrogens (primary N) is 1. The Bertz CT molecular complexity index is 489. The van der Waals surface area contributed by atoms with Crippen LogP contribution in [0.15, 0.2) is 12.3 Å². The van der Waals surface area contributed by atoms with Crippen LogP contribution in [0.4, 0.5) is 5.69 Å². The van der Waals surface area contributed by atoms with Crippen LogP contribution in [0.3, 0.4) is 0 Å². The molecule has 0 fully saturated rings. The average Bonchev–Trinajstić information content (AvgIpc) is 2.59. The third-order valence-electron chi connectivity index (χ3n) is 2.44. The summed E-state index contributed by atoms with van der Waals surface area (Å²) in [6, 6.07) is 2.05. The predicted molar refractivity (Wildman–Crippen MR) is 63.2 cm³/mol. The van der Waals surface area contributed by atoms with E-state index in [4.69, 9.17) is 5.73 Å². The van der Waals surface area contributed by atoms with Gasteiger partial charge in [-0.15, -0.1) is 5.10 Å². The lowest BCUT2D eigenvalue weighted by atomic mass is 10.3. The Morgan fingerprint density at radius 3 is 3.00 bits per heavy atom. The van der Waals surface area contributed by atoms with Gasteiger partial charge in [0.2, 0.25) is 0 Å². The van der Waals surface area contributed by atoms with Gasteiger partial charge < -0.3 is 10.6 Å². The molecule has 0 aromatic carbocycles. The van der Waals surface area contributed by atoms with E-state index in [9.17, 15) is 0 Å². The zero-order valence-corrected chi connectivity index (χ0v) is 9.75. The van der Waals surface area contributed by atoms with Crippen LogP contribution < -0.4 is 10.6 Å². The van der Waals surface area contributed by atoms with Crippen molar-refractivity contribution in [2.24, 2.45) is 12.8 Å². The topological polar surface area (TPSA) is 72.9 Å². The molecule has 6 heteroatoms. The molecule has 2 rings (SSSR count). The van der Waals surface area contributed by atoms with Crippen LogP contribution in [0.25, 0.3) is 11.2 Å². The number of anilines is 1. The Kier molecular flexibility index (Phi) is 2.74. The van der Waals surface area contributed by atoms with E-state index in [-0.39, 0.29) is 6.04 Å². The fraction of sp³-hybridized carbons (Fsp3) is 0.500. The molecule has 2 aromatic heterocycles. The molecule has 0 saturated heterocycles. The van der Waals surface area contributed by atoms with Crippen molar-refractivity contribution in [3.05, 3.63) is 12.3 Å². The van der Waals surface area contributed by atoms with Crippen LogP contribution >= 0.6 is 0 Å². The number of aryl methyl sites for hydroxylation is 1. The smallest absolute Gasteiger partial charge is 0.180 e. The van der Waals surface area contributed by atoms with Gasteiger partial charge in [-0.3, -0.25) is 0 Å². The number of hydrogen-bond donors (Lipinski definition) is 1. The van der Waals surface area contributed by atoms with Crippen LogP contribution in [0, 0.1) is 0 Å². The first kappa shape index (κ1) is 10.8. The molecule has 0 aliphatic heterocycles. The molecular weight excluding hydrogens is 204 g/mol. The maximum Gasteiger partial charge on any atom is 0.180 e. The van der Waals surface area contributed by atoms with E-state index in [0.717, 1.165) is 23.4 Å². The zero-order chi connectivity index (χ0) is 11.7. The zero-order valence-electron chi connectivity index (χ0n) is 9.75. The molecule has 16 heavy (non-hydrogen) atoms. The van der Waals surface area contributed by atoms with Gasteiger partial charge in [0.15, 0.2) is 11.2 Å². The molecule has 0 aliphatic carbocycles. The number of pyridine rings is 1. The molecular formula is C10H16N6. The first-order valence-electron chi connectivity index (χ1n) is 5.20. The molecule has 0 spiro atoms. The van der Waals surface area contributed by atoms with Crippen molar-refractivity contribution >= 4 is 16.9 Å². The lowest BCUT2D eigenvalue weighted by molar-refractivity contribution is 0.718. The normalized spacial score (nSPS) is 13.0. The molecule has 2 aromatic rings. The molecule has 0 amide bonds. The number of nitrogens with zero attached hydrogens (tertiary/aromatic N) is 5. The number of aromatic nitrogens is 4. The first-order valence-corrected chi connectivity index (χ1v) is 5.20. The highest BCUT2D eigenvalue weighted by molar-refractivity contribution is 5.85. The highest BCUT2D eigenvalue weighted by atomic mass is 15.4. The summed E-state index contributed by atoms with van der Waals surface area (Å²) >= 11 is 0. The Balaban J connectivity index is 2.44. The second kappa shape index (κ2) is 4.05. The van der Waals surface area contributed by atoms with Gasteiger partial charge >= 0.3 is 0 Å². The lowest BCUT2D eigenvalue weighted by Gasteiger charge is -2.21. The third kappa shape index (κ3) is 1.83. The largest absolute Gasteiger partial charge is 0.371 e. The maximum absolute atomic E-state index is 5.78. The van der Waals surface area contributed by atoms with Crippen molar-refractivity contribution < 1.29 is 0 Å². The highest BCUT2D eigenvalue weighted by Gasteiger charge is 2.12. The fourth-order valence-corrected chi connectivity index (χ4v) is 1.76. The Morgan fingerprint density at radius 1 is 1.56 bits per heavy atom. The number of fused-ring (bicyclic) bond motifs is 1. The van der Waals surface area contributed by atoms with E-state index in [0.29, 0.717) is 0 Å². The van der Waals surface area contributed by atoms with E-state index in [2.05, 4.69) is 20.2 Å². The van der Waals surface area contributed by atoms with E-state index in [1.165, 1.54) is 0 Å². The van der Waals surface area contributed by atoms with Gasteiger partial charge in [-0.2, -0.15) is 0 Å². The maximum atomic E-state index is 5.78. The second-order valence-electron chi connectivity index (χ2n) is 4.07. The van der Waals surface area contributed by atoms with Crippen molar-refractivity contribution in [2.75, 3.05) is 18.5 Å². The van der Waals surface area contributed by atoms with Gasteiger partial charge in [-0.05, 0) is 13.0 Å². The van der Waals surface area contributed by atoms with E-state index in [1.54, 1.807) is 10.9 Å². The Hall–Kier alpha value is -1.69. The molecule has 1 atom stereocenters. The molecule has 86 valence electrons. The standard InChI is InChI=1S/C10H16N6/c1-7(11)6-15(2)8-4-5-12-10-9(8)13-14-16(10)3/h4-5,7H,6,11H2,1-3H3. The van der Waals surface area contributed by atoms with Crippen LogP contribution in [-0.2, 0) is 7.05 Å². The van der Waals surface area contributed by atoms with Gasteiger partial charge in [0, 0.05) is 32.9 Å². The van der Waals surface area contributed by atoms with Crippen LogP contribution in [0.1, 0.15) is 6.92 Å². The minimum atomic E-state index is 0.116. The minimum Gasteiger partial charge on any atom is -0.371 e. The fourth-order valence-electron chi connectivity index (χ4n) is 1.76. The van der Waals surface area contributed by atoms with Gasteiger partial charge in [0.05, 0.1) is 5.69 Å². The Morgan fingerprint density at radius 2 is 2.31 bits per heavy atom. The van der Waals surface area contributed by atoms with Gasteiger partial charge in [-0.1, -0.05) is 5.21 Å². The summed E-state index contributed by atoms with van der Waals surface area (Å²) in [6.07, 6.45) is 1.76. The summed E-state index contributed by atoms with van der Waals surface area (Å²) < 4.78 is 1.67. The van der Waals surface area contributed by atoms with Gasteiger partial charge in [0.1, 0.15) is 0 Å². The molecule has 0 aliphatic rings. The van der Waals surface area contributed by atoms with Crippen molar-refractivity contribution in [3.8, 4) is 0 Å². The van der Waals surface area contributed by atoms with Crippen molar-refractivity contribution in [2.45, 2.75) is 13.0 Å². The quantitative estimate of drug-likeness (QED) is 0.797. The number of hydrogen-bond acceptors (Lipinski definition) is 5. The summed E-state index contributed by atoms with van der Waals surface area (Å²) in [7, 11) is 3.82. The summed E-state index contributed by atoms with van der Waals surface area (Å²) in [5.74, 6) is 0. The number of likely N-dealkylation sites (N-methyl/N-ethyl adjacent to an activating group) is 1. The summed E-state index contributed by atoms with van der Waals surface area (Å²) in [6.45, 7) is 2.75. The van der Waals surface area contributed by atoms with E-state index < -0.39 is 0 Å². The summed E-state index contributed by atoms with van der Waals surface area (Å²) in [5, 5.41) is 8.08. The van der Waals surface area contributed by atoms with Gasteiger partial charge in [-0.25, -0.2) is 9.67 Å². The first-order chi connectivity index (χ1) is 7.59. The van der Waals surface area contributed by atoms with Crippen LogP contribution in [0.2, 0.25) is 0 Å². The minimum absolute atomic E-state index is 0.116. The van der Waals surface area contributed by atoms with Crippen LogP contribution in [-0.4, -0.2) is 39.6 Å². The monoisotopic (exact) mass is 220 g/mol. The Labute approximate surface area is 94.1 Å². The van der Waals surface area contributed by atoms with E-state index >= 15 is 0 Å². The SMILES string of the molecule is CC(N)CN(C)c1ccnc2c1nnn2C. The van der Waals surface area contributed by atoms with Crippen molar-refractivity contribution in [1.29, 1.82) is 0 Å². The number of rotatable bonds is 3. The average molecular weight is 220 g/mol. The lowest BCUT2D eigenvalue weighted by Crippen LogP contribution is -2.32. The van der Waals surface area contributed by atoms with Crippen LogP contribution in [0.5, 0.6) is 0 Å². The predicted octanol–water partition coefficient (Wildman–Crippen LogP) is 0.147. The molecule has 1 unspecified atom stereocenters. The van der Waals surface area contributed by atoms with Crippen molar-refractivity contribution in [1.82, 2.24) is 20.0 Å².